The smallest absolute Gasteiger partial charge is 0.249 e. The Hall–Kier alpha value is -1.91. The minimum Gasteiger partial charge on any atom is -0.249 e. The molecule has 2 nitrogen and oxygen atoms in total. The largest absolute Gasteiger partial charge is 0.395 e. The van der Waals surface area contributed by atoms with Gasteiger partial charge in [0.1, 0.15) is 0 Å². The number of fused-ring (bicyclic) bond motifs is 2. The van der Waals surface area contributed by atoms with Crippen LogP contribution in [0.5, 0.6) is 0 Å². The van der Waals surface area contributed by atoms with Gasteiger partial charge in [0.2, 0.25) is 0 Å². The van der Waals surface area contributed by atoms with Crippen LogP contribution in [0.1, 0.15) is 11.4 Å². The lowest BCUT2D eigenvalue weighted by Crippen LogP contribution is -2.25. The van der Waals surface area contributed by atoms with E-state index < -0.39 is 12.1 Å². The summed E-state index contributed by atoms with van der Waals surface area (Å²) < 4.78 is 37.9. The number of hydrogen-bond acceptors (Lipinski definition) is 2. The highest BCUT2D eigenvalue weighted by Gasteiger charge is 2.39. The molecule has 3 rings (SSSR count). The third kappa shape index (κ3) is 1.85. The Morgan fingerprint density at radius 3 is 2.39 bits per heavy atom. The Kier molecular flexibility index (Phi) is 2.36. The number of rotatable bonds is 0. The van der Waals surface area contributed by atoms with E-state index in [-0.39, 0.29) is 6.42 Å². The first-order valence-corrected chi connectivity index (χ1v) is 5.54. The second-order valence-corrected chi connectivity index (χ2v) is 4.26. The van der Waals surface area contributed by atoms with Crippen molar-refractivity contribution in [3.63, 3.8) is 0 Å². The van der Waals surface area contributed by atoms with Crippen molar-refractivity contribution in [2.24, 2.45) is 5.92 Å². The third-order valence-corrected chi connectivity index (χ3v) is 2.99. The van der Waals surface area contributed by atoms with Crippen molar-refractivity contribution in [3.8, 4) is 0 Å². The molecule has 1 aromatic heterocycles. The fraction of sp³-hybridized carbons (Fsp3) is 0.231. The predicted molar refractivity (Wildman–Crippen MR) is 61.8 cm³/mol. The molecule has 0 fully saturated rings. The van der Waals surface area contributed by atoms with Gasteiger partial charge in [0, 0.05) is 6.42 Å². The van der Waals surface area contributed by atoms with Crippen LogP contribution in [0.2, 0.25) is 0 Å². The number of aromatic nitrogens is 2. The SMILES string of the molecule is FC(F)(F)C1C=Cc2nc3ccccc3nc2C1. The van der Waals surface area contributed by atoms with E-state index in [0.717, 1.165) is 6.08 Å². The van der Waals surface area contributed by atoms with Gasteiger partial charge in [-0.3, -0.25) is 0 Å². The van der Waals surface area contributed by atoms with Crippen LogP contribution in [-0.4, -0.2) is 16.1 Å². The summed E-state index contributed by atoms with van der Waals surface area (Å²) in [6, 6.07) is 7.17. The van der Waals surface area contributed by atoms with E-state index in [1.807, 2.05) is 6.07 Å². The minimum atomic E-state index is -4.22. The van der Waals surface area contributed by atoms with Crippen molar-refractivity contribution < 1.29 is 13.2 Å². The molecule has 0 amide bonds. The van der Waals surface area contributed by atoms with Crippen LogP contribution < -0.4 is 0 Å². The standard InChI is InChI=1S/C13H9F3N2/c14-13(15,16)8-5-6-11-12(7-8)18-10-4-2-1-3-9(10)17-11/h1-6,8H,7H2. The van der Waals surface area contributed by atoms with Crippen LogP contribution in [0.15, 0.2) is 30.3 Å². The predicted octanol–water partition coefficient (Wildman–Crippen LogP) is 3.38. The van der Waals surface area contributed by atoms with Crippen molar-refractivity contribution in [2.75, 3.05) is 0 Å². The normalized spacial score (nSPS) is 18.9. The van der Waals surface area contributed by atoms with Crippen molar-refractivity contribution in [3.05, 3.63) is 41.7 Å². The highest BCUT2D eigenvalue weighted by atomic mass is 19.4. The molecule has 1 heterocycles. The van der Waals surface area contributed by atoms with E-state index in [9.17, 15) is 13.2 Å². The molecule has 2 aromatic rings. The maximum atomic E-state index is 12.6. The summed E-state index contributed by atoms with van der Waals surface area (Å²) in [5, 5.41) is 0. The fourth-order valence-electron chi connectivity index (χ4n) is 2.04. The number of nitrogens with zero attached hydrogens (tertiary/aromatic N) is 2. The Bertz CT molecular complexity index is 632. The number of alkyl halides is 3. The fourth-order valence-corrected chi connectivity index (χ4v) is 2.04. The lowest BCUT2D eigenvalue weighted by molar-refractivity contribution is -0.160. The molecule has 0 bridgehead atoms. The molecule has 5 heteroatoms. The van der Waals surface area contributed by atoms with Gasteiger partial charge in [0.05, 0.1) is 28.3 Å². The monoisotopic (exact) mass is 250 g/mol. The number of hydrogen-bond donors (Lipinski definition) is 0. The van der Waals surface area contributed by atoms with Gasteiger partial charge in [-0.05, 0) is 18.2 Å². The summed E-state index contributed by atoms with van der Waals surface area (Å²) in [6.07, 6.45) is -1.78. The lowest BCUT2D eigenvalue weighted by atomic mass is 9.95. The highest BCUT2D eigenvalue weighted by molar-refractivity contribution is 5.76. The van der Waals surface area contributed by atoms with Crippen LogP contribution in [0, 0.1) is 5.92 Å². The van der Waals surface area contributed by atoms with Crippen LogP contribution in [0.25, 0.3) is 17.1 Å². The third-order valence-electron chi connectivity index (χ3n) is 2.99. The molecule has 1 aliphatic carbocycles. The summed E-state index contributed by atoms with van der Waals surface area (Å²) in [5.41, 5.74) is 2.28. The Morgan fingerprint density at radius 2 is 1.72 bits per heavy atom. The van der Waals surface area contributed by atoms with Crippen molar-refractivity contribution >= 4 is 17.1 Å². The minimum absolute atomic E-state index is 0.132. The molecule has 1 atom stereocenters. The molecule has 0 spiro atoms. The summed E-state index contributed by atoms with van der Waals surface area (Å²) in [5.74, 6) is -1.46. The Morgan fingerprint density at radius 1 is 1.06 bits per heavy atom. The molecule has 1 unspecified atom stereocenters. The Labute approximate surface area is 101 Å². The molecular formula is C13H9F3N2. The maximum absolute atomic E-state index is 12.6. The van der Waals surface area contributed by atoms with Crippen LogP contribution in [0.4, 0.5) is 13.2 Å². The van der Waals surface area contributed by atoms with Gasteiger partial charge < -0.3 is 0 Å². The van der Waals surface area contributed by atoms with Crippen LogP contribution >= 0.6 is 0 Å². The van der Waals surface area contributed by atoms with E-state index >= 15 is 0 Å². The quantitative estimate of drug-likeness (QED) is 0.716. The van der Waals surface area contributed by atoms with Gasteiger partial charge in [-0.25, -0.2) is 9.97 Å². The van der Waals surface area contributed by atoms with Gasteiger partial charge in [-0.15, -0.1) is 0 Å². The van der Waals surface area contributed by atoms with E-state index in [2.05, 4.69) is 9.97 Å². The molecule has 1 aliphatic rings. The second-order valence-electron chi connectivity index (χ2n) is 4.26. The molecule has 92 valence electrons. The zero-order chi connectivity index (χ0) is 12.8. The topological polar surface area (TPSA) is 25.8 Å². The molecular weight excluding hydrogens is 241 g/mol. The molecule has 0 radical (unpaired) electrons. The summed E-state index contributed by atoms with van der Waals surface area (Å²) in [7, 11) is 0. The van der Waals surface area contributed by atoms with Gasteiger partial charge >= 0.3 is 6.18 Å². The zero-order valence-corrected chi connectivity index (χ0v) is 9.28. The van der Waals surface area contributed by atoms with Crippen molar-refractivity contribution in [2.45, 2.75) is 12.6 Å². The molecule has 1 aromatic carbocycles. The van der Waals surface area contributed by atoms with Crippen LogP contribution in [0.3, 0.4) is 0 Å². The molecule has 0 saturated carbocycles. The second kappa shape index (κ2) is 3.80. The number of benzene rings is 1. The number of halogens is 3. The van der Waals surface area contributed by atoms with Crippen LogP contribution in [-0.2, 0) is 6.42 Å². The maximum Gasteiger partial charge on any atom is 0.395 e. The first kappa shape index (κ1) is 11.2. The number of para-hydroxylation sites is 2. The first-order chi connectivity index (χ1) is 8.54. The molecule has 0 saturated heterocycles. The lowest BCUT2D eigenvalue weighted by Gasteiger charge is -2.20. The van der Waals surface area contributed by atoms with E-state index in [4.69, 9.17) is 0 Å². The van der Waals surface area contributed by atoms with Gasteiger partial charge in [-0.2, -0.15) is 13.2 Å². The van der Waals surface area contributed by atoms with Crippen molar-refractivity contribution in [1.82, 2.24) is 9.97 Å². The molecule has 18 heavy (non-hydrogen) atoms. The average molecular weight is 250 g/mol. The first-order valence-electron chi connectivity index (χ1n) is 5.54. The summed E-state index contributed by atoms with van der Waals surface area (Å²) in [6.45, 7) is 0. The zero-order valence-electron chi connectivity index (χ0n) is 9.28. The summed E-state index contributed by atoms with van der Waals surface area (Å²) in [4.78, 5) is 8.58. The van der Waals surface area contributed by atoms with Gasteiger partial charge in [0.25, 0.3) is 0 Å². The van der Waals surface area contributed by atoms with Gasteiger partial charge in [0.15, 0.2) is 0 Å². The molecule has 0 N–H and O–H groups in total. The van der Waals surface area contributed by atoms with Crippen molar-refractivity contribution in [1.29, 1.82) is 0 Å². The summed E-state index contributed by atoms with van der Waals surface area (Å²) >= 11 is 0. The Balaban J connectivity index is 2.08. The van der Waals surface area contributed by atoms with E-state index in [1.165, 1.54) is 6.08 Å². The van der Waals surface area contributed by atoms with E-state index in [1.54, 1.807) is 18.2 Å². The highest BCUT2D eigenvalue weighted by Crippen LogP contribution is 2.34. The van der Waals surface area contributed by atoms with Gasteiger partial charge in [-0.1, -0.05) is 18.2 Å². The average Bonchev–Trinajstić information content (AvgIpc) is 2.34. The van der Waals surface area contributed by atoms with E-state index in [0.29, 0.717) is 22.4 Å². The number of allylic oxidation sites excluding steroid dienone is 1. The molecule has 0 aliphatic heterocycles.